The number of carbonyl (C=O) groups excluding carboxylic acids is 2. The first-order valence-electron chi connectivity index (χ1n) is 9.19. The van der Waals surface area contributed by atoms with E-state index in [0.29, 0.717) is 21.9 Å². The Balaban J connectivity index is 1.53. The lowest BCUT2D eigenvalue weighted by atomic mass is 10.2. The zero-order chi connectivity index (χ0) is 21.3. The number of hydrazone groups is 1. The average molecular weight is 422 g/mol. The molecule has 7 heteroatoms. The van der Waals surface area contributed by atoms with Crippen LogP contribution in [0.5, 0.6) is 5.75 Å². The maximum Gasteiger partial charge on any atom is 0.271 e. The van der Waals surface area contributed by atoms with E-state index < -0.39 is 0 Å². The molecular weight excluding hydrogens is 402 g/mol. The van der Waals surface area contributed by atoms with Crippen LogP contribution in [0.1, 0.15) is 21.5 Å². The molecule has 3 rings (SSSR count). The van der Waals surface area contributed by atoms with Gasteiger partial charge in [-0.1, -0.05) is 48.0 Å². The Morgan fingerprint density at radius 1 is 1.03 bits per heavy atom. The second-order valence-electron chi connectivity index (χ2n) is 6.41. The van der Waals surface area contributed by atoms with Crippen LogP contribution >= 0.6 is 11.6 Å². The minimum atomic E-state index is -0.308. The Bertz CT molecular complexity index is 1070. The number of rotatable bonds is 7. The van der Waals surface area contributed by atoms with Crippen molar-refractivity contribution in [1.29, 1.82) is 0 Å². The Morgan fingerprint density at radius 2 is 1.77 bits per heavy atom. The summed E-state index contributed by atoms with van der Waals surface area (Å²) in [5, 5.41) is 7.06. The van der Waals surface area contributed by atoms with E-state index in [0.717, 1.165) is 11.3 Å². The van der Waals surface area contributed by atoms with Gasteiger partial charge in [0.2, 0.25) is 0 Å². The highest BCUT2D eigenvalue weighted by Crippen LogP contribution is 2.25. The molecule has 0 fully saturated rings. The highest BCUT2D eigenvalue weighted by molar-refractivity contribution is 6.32. The van der Waals surface area contributed by atoms with Gasteiger partial charge in [0.05, 0.1) is 11.2 Å². The summed E-state index contributed by atoms with van der Waals surface area (Å²) in [6, 6.07) is 21.3. The van der Waals surface area contributed by atoms with Gasteiger partial charge in [0.25, 0.3) is 11.8 Å². The highest BCUT2D eigenvalue weighted by atomic mass is 35.5. The third-order valence-electron chi connectivity index (χ3n) is 4.15. The normalized spacial score (nSPS) is 10.6. The average Bonchev–Trinajstić information content (AvgIpc) is 2.75. The maximum atomic E-state index is 12.1. The minimum Gasteiger partial charge on any atom is -0.482 e. The van der Waals surface area contributed by atoms with Crippen molar-refractivity contribution in [3.8, 4) is 5.75 Å². The number of benzene rings is 3. The van der Waals surface area contributed by atoms with Gasteiger partial charge < -0.3 is 10.1 Å². The molecule has 0 aromatic heterocycles. The first-order valence-corrected chi connectivity index (χ1v) is 9.57. The van der Waals surface area contributed by atoms with Crippen molar-refractivity contribution in [2.24, 2.45) is 5.10 Å². The molecule has 0 heterocycles. The van der Waals surface area contributed by atoms with Crippen LogP contribution in [0, 0.1) is 6.92 Å². The van der Waals surface area contributed by atoms with Crippen LogP contribution in [-0.2, 0) is 4.79 Å². The second-order valence-corrected chi connectivity index (χ2v) is 6.81. The van der Waals surface area contributed by atoms with Gasteiger partial charge in [-0.05, 0) is 54.4 Å². The van der Waals surface area contributed by atoms with Crippen LogP contribution in [0.15, 0.2) is 77.9 Å². The summed E-state index contributed by atoms with van der Waals surface area (Å²) in [6.07, 6.45) is 1.47. The number of halogens is 1. The molecule has 0 aliphatic heterocycles. The summed E-state index contributed by atoms with van der Waals surface area (Å²) in [6.45, 7) is 1.74. The van der Waals surface area contributed by atoms with Gasteiger partial charge in [0.15, 0.2) is 6.61 Å². The third kappa shape index (κ3) is 5.93. The monoisotopic (exact) mass is 421 g/mol. The van der Waals surface area contributed by atoms with Gasteiger partial charge in [-0.3, -0.25) is 9.59 Å². The predicted octanol–water partition coefficient (Wildman–Crippen LogP) is 4.43. The summed E-state index contributed by atoms with van der Waals surface area (Å²) >= 11 is 6.23. The quantitative estimate of drug-likeness (QED) is 0.437. The molecule has 0 saturated carbocycles. The van der Waals surface area contributed by atoms with Crippen molar-refractivity contribution in [2.75, 3.05) is 11.9 Å². The molecule has 0 spiro atoms. The molecule has 2 N–H and O–H groups in total. The molecule has 0 bridgehead atoms. The number of aryl methyl sites for hydroxylation is 1. The molecule has 0 aliphatic carbocycles. The van der Waals surface area contributed by atoms with Crippen LogP contribution in [0.25, 0.3) is 0 Å². The Morgan fingerprint density at radius 3 is 2.50 bits per heavy atom. The predicted molar refractivity (Wildman–Crippen MR) is 118 cm³/mol. The number of ether oxygens (including phenoxy) is 1. The number of hydrogen-bond acceptors (Lipinski definition) is 4. The summed E-state index contributed by atoms with van der Waals surface area (Å²) < 4.78 is 5.51. The van der Waals surface area contributed by atoms with E-state index in [9.17, 15) is 9.59 Å². The van der Waals surface area contributed by atoms with Crippen LogP contribution in [0.2, 0.25) is 5.02 Å². The van der Waals surface area contributed by atoms with Crippen LogP contribution in [0.4, 0.5) is 5.69 Å². The summed E-state index contributed by atoms with van der Waals surface area (Å²) in [7, 11) is 0. The lowest BCUT2D eigenvalue weighted by Gasteiger charge is -2.10. The van der Waals surface area contributed by atoms with Gasteiger partial charge in [-0.15, -0.1) is 0 Å². The number of para-hydroxylation sites is 1. The fourth-order valence-electron chi connectivity index (χ4n) is 2.58. The van der Waals surface area contributed by atoms with Crippen molar-refractivity contribution >= 4 is 35.3 Å². The highest BCUT2D eigenvalue weighted by Gasteiger charge is 2.08. The molecule has 0 atom stereocenters. The fourth-order valence-corrected chi connectivity index (χ4v) is 2.82. The van der Waals surface area contributed by atoms with E-state index in [1.807, 2.05) is 37.3 Å². The van der Waals surface area contributed by atoms with Crippen molar-refractivity contribution in [3.05, 3.63) is 94.5 Å². The Labute approximate surface area is 179 Å². The third-order valence-corrected chi connectivity index (χ3v) is 4.44. The first kappa shape index (κ1) is 21.1. The number of amides is 2. The summed E-state index contributed by atoms with van der Waals surface area (Å²) in [5.74, 6) is -0.214. The van der Waals surface area contributed by atoms with E-state index in [1.165, 1.54) is 6.21 Å². The SMILES string of the molecule is Cc1ccccc1NC(=O)COc1ccc(/C=N/NC(=O)c2ccccc2)cc1Cl. The summed E-state index contributed by atoms with van der Waals surface area (Å²) in [4.78, 5) is 24.0. The first-order chi connectivity index (χ1) is 14.5. The van der Waals surface area contributed by atoms with Gasteiger partial charge in [0, 0.05) is 11.3 Å². The molecule has 0 radical (unpaired) electrons. The van der Waals surface area contributed by atoms with E-state index in [2.05, 4.69) is 15.8 Å². The van der Waals surface area contributed by atoms with Crippen molar-refractivity contribution < 1.29 is 14.3 Å². The summed E-state index contributed by atoms with van der Waals surface area (Å²) in [5.41, 5.74) is 5.34. The fraction of sp³-hybridized carbons (Fsp3) is 0.0870. The zero-order valence-corrected chi connectivity index (χ0v) is 17.0. The second kappa shape index (κ2) is 10.2. The van der Waals surface area contributed by atoms with E-state index in [1.54, 1.807) is 42.5 Å². The molecule has 0 aliphatic rings. The lowest BCUT2D eigenvalue weighted by Crippen LogP contribution is -2.20. The molecule has 30 heavy (non-hydrogen) atoms. The van der Waals surface area contributed by atoms with Crippen LogP contribution in [0.3, 0.4) is 0 Å². The number of anilines is 1. The molecule has 0 saturated heterocycles. The van der Waals surface area contributed by atoms with Gasteiger partial charge in [-0.2, -0.15) is 5.10 Å². The number of nitrogens with one attached hydrogen (secondary N) is 2. The zero-order valence-electron chi connectivity index (χ0n) is 16.3. The standard InChI is InChI=1S/C23H20ClN3O3/c1-16-7-5-6-10-20(16)26-22(28)15-30-21-12-11-17(13-19(21)24)14-25-27-23(29)18-8-3-2-4-9-18/h2-14H,15H2,1H3,(H,26,28)(H,27,29)/b25-14+. The molecule has 6 nitrogen and oxygen atoms in total. The van der Waals surface area contributed by atoms with E-state index in [-0.39, 0.29) is 18.4 Å². The van der Waals surface area contributed by atoms with Gasteiger partial charge >= 0.3 is 0 Å². The number of carbonyl (C=O) groups is 2. The molecule has 3 aromatic carbocycles. The van der Waals surface area contributed by atoms with Crippen molar-refractivity contribution in [1.82, 2.24) is 5.43 Å². The molecule has 152 valence electrons. The molecule has 0 unspecified atom stereocenters. The van der Waals surface area contributed by atoms with Crippen molar-refractivity contribution in [2.45, 2.75) is 6.92 Å². The number of nitrogens with zero attached hydrogens (tertiary/aromatic N) is 1. The van der Waals surface area contributed by atoms with Crippen LogP contribution < -0.4 is 15.5 Å². The lowest BCUT2D eigenvalue weighted by molar-refractivity contribution is -0.118. The Hall–Kier alpha value is -3.64. The Kier molecular flexibility index (Phi) is 7.19. The largest absolute Gasteiger partial charge is 0.482 e. The van der Waals surface area contributed by atoms with Crippen LogP contribution in [-0.4, -0.2) is 24.6 Å². The number of hydrogen-bond donors (Lipinski definition) is 2. The smallest absolute Gasteiger partial charge is 0.271 e. The molecule has 2 amide bonds. The van der Waals surface area contributed by atoms with E-state index >= 15 is 0 Å². The molecule has 3 aromatic rings. The topological polar surface area (TPSA) is 79.8 Å². The molecular formula is C23H20ClN3O3. The van der Waals surface area contributed by atoms with Crippen molar-refractivity contribution in [3.63, 3.8) is 0 Å². The minimum absolute atomic E-state index is 0.172. The maximum absolute atomic E-state index is 12.1. The van der Waals surface area contributed by atoms with Gasteiger partial charge in [-0.25, -0.2) is 5.43 Å². The van der Waals surface area contributed by atoms with E-state index in [4.69, 9.17) is 16.3 Å². The van der Waals surface area contributed by atoms with Gasteiger partial charge in [0.1, 0.15) is 5.75 Å².